The average Bonchev–Trinajstić information content (AvgIpc) is 3.73. The summed E-state index contributed by atoms with van der Waals surface area (Å²) in [5.74, 6) is 1.54. The highest BCUT2D eigenvalue weighted by Crippen LogP contribution is 2.49. The number of rotatable bonds is 7. The second-order valence-corrected chi connectivity index (χ2v) is 11.7. The van der Waals surface area contributed by atoms with E-state index in [1.54, 1.807) is 6.20 Å². The smallest absolute Gasteiger partial charge is 0.251 e. The Morgan fingerprint density at radius 2 is 1.86 bits per heavy atom. The van der Waals surface area contributed by atoms with E-state index in [4.69, 9.17) is 0 Å². The molecule has 2 fully saturated rings. The third-order valence-corrected chi connectivity index (χ3v) is 9.35. The molecule has 3 aliphatic rings. The van der Waals surface area contributed by atoms with Crippen LogP contribution in [-0.4, -0.2) is 41.5 Å². The normalized spacial score (nSPS) is 24.9. The van der Waals surface area contributed by atoms with Crippen molar-refractivity contribution in [3.05, 3.63) is 93.4 Å². The maximum absolute atomic E-state index is 13.1. The Balaban J connectivity index is 1.09. The second-order valence-electron chi connectivity index (χ2n) is 11.7. The standard InChI is InChI=1S/C32H37N3O2/c1-21-29-18-25-9-10-26(17-28(25)32(21,2)14-16-35(29)20-23-3-4-23)31(37)33-15-13-22-5-7-24(8-6-22)27-11-12-30(36)34-19-27/h5-12,17,19,21,23,29H,3-4,13-16,18,20H2,1-2H3,(H,33,37)(H,34,36)/t21?,29-,32-/m1/s1. The number of benzene rings is 2. The fraction of sp³-hybridized carbons (Fsp3) is 0.438. The third-order valence-electron chi connectivity index (χ3n) is 9.35. The maximum Gasteiger partial charge on any atom is 0.251 e. The number of amides is 1. The molecule has 5 heteroatoms. The highest BCUT2D eigenvalue weighted by atomic mass is 16.1. The zero-order valence-electron chi connectivity index (χ0n) is 21.9. The van der Waals surface area contributed by atoms with Crippen LogP contribution in [0.5, 0.6) is 0 Å². The van der Waals surface area contributed by atoms with Crippen molar-refractivity contribution in [2.24, 2.45) is 11.8 Å². The van der Waals surface area contributed by atoms with Crippen molar-refractivity contribution in [1.29, 1.82) is 0 Å². The molecule has 37 heavy (non-hydrogen) atoms. The Bertz CT molecular complexity index is 1340. The number of aromatic nitrogens is 1. The van der Waals surface area contributed by atoms with Crippen LogP contribution in [0.4, 0.5) is 0 Å². The fourth-order valence-corrected chi connectivity index (χ4v) is 6.58. The van der Waals surface area contributed by atoms with Crippen LogP contribution in [-0.2, 0) is 18.3 Å². The largest absolute Gasteiger partial charge is 0.352 e. The molecular formula is C32H37N3O2. The Hall–Kier alpha value is -3.18. The van der Waals surface area contributed by atoms with Gasteiger partial charge in [-0.25, -0.2) is 0 Å². The van der Waals surface area contributed by atoms with Gasteiger partial charge in [0, 0.05) is 37.0 Å². The lowest BCUT2D eigenvalue weighted by Gasteiger charge is -2.55. The van der Waals surface area contributed by atoms with E-state index >= 15 is 0 Å². The Labute approximate surface area is 219 Å². The van der Waals surface area contributed by atoms with E-state index in [9.17, 15) is 9.59 Å². The van der Waals surface area contributed by atoms with Crippen molar-refractivity contribution < 1.29 is 4.79 Å². The first-order valence-electron chi connectivity index (χ1n) is 13.8. The van der Waals surface area contributed by atoms with Crippen molar-refractivity contribution in [2.75, 3.05) is 19.6 Å². The summed E-state index contributed by atoms with van der Waals surface area (Å²) in [7, 11) is 0. The van der Waals surface area contributed by atoms with Crippen LogP contribution in [0.1, 0.15) is 60.2 Å². The lowest BCUT2D eigenvalue weighted by molar-refractivity contribution is 0.0284. The van der Waals surface area contributed by atoms with E-state index in [-0.39, 0.29) is 16.9 Å². The van der Waals surface area contributed by atoms with E-state index in [0.29, 0.717) is 18.5 Å². The molecule has 2 aromatic carbocycles. The number of nitrogens with one attached hydrogen (secondary N) is 2. The molecule has 5 nitrogen and oxygen atoms in total. The molecule has 0 radical (unpaired) electrons. The van der Waals surface area contributed by atoms with Gasteiger partial charge in [-0.2, -0.15) is 0 Å². The van der Waals surface area contributed by atoms with E-state index in [0.717, 1.165) is 35.4 Å². The van der Waals surface area contributed by atoms with Gasteiger partial charge in [-0.05, 0) is 102 Å². The number of fused-ring (bicyclic) bond motifs is 4. The van der Waals surface area contributed by atoms with Gasteiger partial charge in [0.25, 0.3) is 5.91 Å². The van der Waals surface area contributed by atoms with Gasteiger partial charge >= 0.3 is 0 Å². The number of pyridine rings is 1. The quantitative estimate of drug-likeness (QED) is 0.488. The lowest BCUT2D eigenvalue weighted by atomic mass is 9.59. The van der Waals surface area contributed by atoms with Gasteiger partial charge in [0.2, 0.25) is 5.56 Å². The molecule has 2 N–H and O–H groups in total. The molecule has 2 heterocycles. The molecule has 1 amide bonds. The number of likely N-dealkylation sites (tertiary alicyclic amines) is 1. The number of hydrogen-bond donors (Lipinski definition) is 2. The minimum Gasteiger partial charge on any atom is -0.352 e. The summed E-state index contributed by atoms with van der Waals surface area (Å²) in [6.07, 6.45) is 7.60. The number of hydrogen-bond acceptors (Lipinski definition) is 3. The number of carbonyl (C=O) groups excluding carboxylic acids is 1. The van der Waals surface area contributed by atoms with Crippen LogP contribution >= 0.6 is 0 Å². The zero-order chi connectivity index (χ0) is 25.6. The zero-order valence-corrected chi connectivity index (χ0v) is 21.9. The minimum atomic E-state index is -0.0999. The molecule has 3 aromatic rings. The topological polar surface area (TPSA) is 65.2 Å². The van der Waals surface area contributed by atoms with Gasteiger partial charge in [0.15, 0.2) is 0 Å². The van der Waals surface area contributed by atoms with Crippen molar-refractivity contribution >= 4 is 5.91 Å². The number of piperidine rings is 1. The molecule has 1 aliphatic heterocycles. The Morgan fingerprint density at radius 3 is 2.59 bits per heavy atom. The van der Waals surface area contributed by atoms with Crippen LogP contribution in [0.3, 0.4) is 0 Å². The second kappa shape index (κ2) is 9.60. The number of carbonyl (C=O) groups is 1. The highest BCUT2D eigenvalue weighted by Gasteiger charge is 2.49. The van der Waals surface area contributed by atoms with E-state index in [1.165, 1.54) is 55.1 Å². The van der Waals surface area contributed by atoms with E-state index in [1.807, 2.05) is 12.1 Å². The SMILES string of the molecule is CC1[C@H]2Cc3ccc(C(=O)NCCc4ccc(-c5ccc(=O)[nH]c5)cc4)cc3[C@]1(C)CCN2CC1CC1. The van der Waals surface area contributed by atoms with Crippen molar-refractivity contribution in [2.45, 2.75) is 57.4 Å². The van der Waals surface area contributed by atoms with Crippen LogP contribution < -0.4 is 10.9 Å². The molecule has 192 valence electrons. The summed E-state index contributed by atoms with van der Waals surface area (Å²) in [5.41, 5.74) is 6.86. The monoisotopic (exact) mass is 495 g/mol. The summed E-state index contributed by atoms with van der Waals surface area (Å²) in [4.78, 5) is 29.8. The van der Waals surface area contributed by atoms with Crippen LogP contribution in [0.2, 0.25) is 0 Å². The van der Waals surface area contributed by atoms with Gasteiger partial charge in [-0.1, -0.05) is 44.2 Å². The predicted octanol–water partition coefficient (Wildman–Crippen LogP) is 4.95. The average molecular weight is 496 g/mol. The van der Waals surface area contributed by atoms with E-state index in [2.05, 4.69) is 65.4 Å². The third kappa shape index (κ3) is 4.77. The van der Waals surface area contributed by atoms with Crippen molar-refractivity contribution in [1.82, 2.24) is 15.2 Å². The Kier molecular flexibility index (Phi) is 6.28. The summed E-state index contributed by atoms with van der Waals surface area (Å²) in [6.45, 7) is 7.91. The van der Waals surface area contributed by atoms with Crippen molar-refractivity contribution in [3.63, 3.8) is 0 Å². The number of nitrogens with zero attached hydrogens (tertiary/aromatic N) is 1. The van der Waals surface area contributed by atoms with Gasteiger partial charge in [0.05, 0.1) is 0 Å². The van der Waals surface area contributed by atoms with Gasteiger partial charge in [0.1, 0.15) is 0 Å². The molecule has 0 spiro atoms. The lowest BCUT2D eigenvalue weighted by Crippen LogP contribution is -2.58. The first kappa shape index (κ1) is 24.2. The summed E-state index contributed by atoms with van der Waals surface area (Å²) >= 11 is 0. The first-order chi connectivity index (χ1) is 17.9. The number of aromatic amines is 1. The minimum absolute atomic E-state index is 0.0113. The number of H-pyrrole nitrogens is 1. The molecule has 2 bridgehead atoms. The summed E-state index contributed by atoms with van der Waals surface area (Å²) in [6, 6.07) is 18.7. The molecule has 2 aliphatic carbocycles. The van der Waals surface area contributed by atoms with Gasteiger partial charge < -0.3 is 10.3 Å². The van der Waals surface area contributed by atoms with Gasteiger partial charge in [-0.15, -0.1) is 0 Å². The molecule has 1 aromatic heterocycles. The molecule has 3 atom stereocenters. The van der Waals surface area contributed by atoms with Crippen molar-refractivity contribution in [3.8, 4) is 11.1 Å². The molecule has 6 rings (SSSR count). The Morgan fingerprint density at radius 1 is 1.08 bits per heavy atom. The summed E-state index contributed by atoms with van der Waals surface area (Å²) < 4.78 is 0. The van der Waals surface area contributed by atoms with Crippen LogP contribution in [0.15, 0.2) is 65.6 Å². The summed E-state index contributed by atoms with van der Waals surface area (Å²) in [5, 5.41) is 3.13. The fourth-order valence-electron chi connectivity index (χ4n) is 6.58. The van der Waals surface area contributed by atoms with Crippen LogP contribution in [0, 0.1) is 11.8 Å². The molecule has 1 saturated carbocycles. The highest BCUT2D eigenvalue weighted by molar-refractivity contribution is 5.94. The van der Waals surface area contributed by atoms with Gasteiger partial charge in [-0.3, -0.25) is 14.5 Å². The van der Waals surface area contributed by atoms with E-state index < -0.39 is 0 Å². The predicted molar refractivity (Wildman–Crippen MR) is 148 cm³/mol. The van der Waals surface area contributed by atoms with Crippen LogP contribution in [0.25, 0.3) is 11.1 Å². The molecular weight excluding hydrogens is 458 g/mol. The maximum atomic E-state index is 13.1. The molecule has 1 saturated heterocycles. The first-order valence-corrected chi connectivity index (χ1v) is 13.8. The molecule has 1 unspecified atom stereocenters.